The number of likely N-dealkylation sites (tertiary alicyclic amines) is 1. The van der Waals surface area contributed by atoms with Crippen molar-refractivity contribution in [1.82, 2.24) is 4.90 Å². The van der Waals surface area contributed by atoms with Gasteiger partial charge in [-0.1, -0.05) is 11.6 Å². The van der Waals surface area contributed by atoms with E-state index in [2.05, 4.69) is 6.07 Å². The van der Waals surface area contributed by atoms with Crippen LogP contribution in [0.1, 0.15) is 19.3 Å². The molecule has 0 aromatic carbocycles. The van der Waals surface area contributed by atoms with Crippen molar-refractivity contribution < 1.29 is 9.90 Å². The number of allylic oxidation sites excluding steroid dienone is 2. The molecule has 1 aliphatic carbocycles. The van der Waals surface area contributed by atoms with Gasteiger partial charge >= 0.3 is 6.09 Å². The SMILES string of the molecule is N#CCC=C1CC2(C1)CN(C(=O)O)C2. The molecule has 1 aliphatic heterocycles. The third kappa shape index (κ3) is 1.35. The Bertz CT molecular complexity index is 325. The van der Waals surface area contributed by atoms with Crippen LogP contribution in [-0.2, 0) is 0 Å². The summed E-state index contributed by atoms with van der Waals surface area (Å²) < 4.78 is 0. The minimum Gasteiger partial charge on any atom is -0.465 e. The van der Waals surface area contributed by atoms with Crippen molar-refractivity contribution in [3.63, 3.8) is 0 Å². The smallest absolute Gasteiger partial charge is 0.407 e. The van der Waals surface area contributed by atoms with Crippen molar-refractivity contribution in [2.75, 3.05) is 13.1 Å². The first-order valence-electron chi connectivity index (χ1n) is 4.68. The molecule has 0 atom stereocenters. The summed E-state index contributed by atoms with van der Waals surface area (Å²) in [6.07, 6.45) is 3.60. The minimum atomic E-state index is -0.815. The molecule has 0 aromatic rings. The van der Waals surface area contributed by atoms with E-state index < -0.39 is 6.09 Å². The zero-order chi connectivity index (χ0) is 10.2. The summed E-state index contributed by atoms with van der Waals surface area (Å²) in [5, 5.41) is 17.0. The second kappa shape index (κ2) is 3.02. The summed E-state index contributed by atoms with van der Waals surface area (Å²) in [7, 11) is 0. The predicted molar refractivity (Wildman–Crippen MR) is 49.6 cm³/mol. The maximum atomic E-state index is 10.5. The lowest BCUT2D eigenvalue weighted by molar-refractivity contribution is -0.0170. The third-order valence-corrected chi connectivity index (χ3v) is 3.01. The fourth-order valence-corrected chi connectivity index (χ4v) is 2.37. The zero-order valence-corrected chi connectivity index (χ0v) is 7.86. The number of carbonyl (C=O) groups is 1. The maximum absolute atomic E-state index is 10.5. The Morgan fingerprint density at radius 1 is 1.64 bits per heavy atom. The highest BCUT2D eigenvalue weighted by molar-refractivity contribution is 5.66. The third-order valence-electron chi connectivity index (χ3n) is 3.01. The van der Waals surface area contributed by atoms with E-state index in [1.165, 1.54) is 10.5 Å². The molecular formula is C10H12N2O2. The number of hydrogen-bond donors (Lipinski definition) is 1. The molecule has 4 nitrogen and oxygen atoms in total. The molecule has 1 spiro atoms. The second-order valence-electron chi connectivity index (χ2n) is 4.22. The molecule has 1 saturated carbocycles. The van der Waals surface area contributed by atoms with Crippen LogP contribution in [0.4, 0.5) is 4.79 Å². The van der Waals surface area contributed by atoms with Gasteiger partial charge in [0.05, 0.1) is 12.5 Å². The quantitative estimate of drug-likeness (QED) is 0.642. The van der Waals surface area contributed by atoms with Crippen molar-refractivity contribution in [3.05, 3.63) is 11.6 Å². The van der Waals surface area contributed by atoms with Gasteiger partial charge in [-0.25, -0.2) is 4.79 Å². The first kappa shape index (κ1) is 9.07. The summed E-state index contributed by atoms with van der Waals surface area (Å²) in [6.45, 7) is 1.35. The summed E-state index contributed by atoms with van der Waals surface area (Å²) in [5.41, 5.74) is 1.55. The molecule has 2 rings (SSSR count). The van der Waals surface area contributed by atoms with E-state index in [-0.39, 0.29) is 5.41 Å². The van der Waals surface area contributed by atoms with E-state index >= 15 is 0 Å². The van der Waals surface area contributed by atoms with Crippen molar-refractivity contribution in [1.29, 1.82) is 5.26 Å². The Hall–Kier alpha value is -1.50. The molecule has 0 aromatic heterocycles. The van der Waals surface area contributed by atoms with E-state index in [1.807, 2.05) is 6.08 Å². The Balaban J connectivity index is 1.80. The van der Waals surface area contributed by atoms with E-state index in [9.17, 15) is 4.79 Å². The highest BCUT2D eigenvalue weighted by Crippen LogP contribution is 2.51. The fourth-order valence-electron chi connectivity index (χ4n) is 2.37. The molecule has 74 valence electrons. The van der Waals surface area contributed by atoms with E-state index in [1.54, 1.807) is 0 Å². The molecular weight excluding hydrogens is 180 g/mol. The molecule has 0 bridgehead atoms. The van der Waals surface area contributed by atoms with Crippen molar-refractivity contribution in [2.45, 2.75) is 19.3 Å². The van der Waals surface area contributed by atoms with Crippen LogP contribution in [0.5, 0.6) is 0 Å². The Morgan fingerprint density at radius 2 is 2.29 bits per heavy atom. The predicted octanol–water partition coefficient (Wildman–Crippen LogP) is 1.60. The molecule has 14 heavy (non-hydrogen) atoms. The number of carboxylic acid groups (broad SMARTS) is 1. The van der Waals surface area contributed by atoms with Gasteiger partial charge in [0.1, 0.15) is 0 Å². The Kier molecular flexibility index (Phi) is 1.95. The summed E-state index contributed by atoms with van der Waals surface area (Å²) >= 11 is 0. The lowest BCUT2D eigenvalue weighted by atomic mass is 9.60. The van der Waals surface area contributed by atoms with Gasteiger partial charge in [0, 0.05) is 18.5 Å². The van der Waals surface area contributed by atoms with Gasteiger partial charge in [0.15, 0.2) is 0 Å². The highest BCUT2D eigenvalue weighted by Gasteiger charge is 2.51. The fraction of sp³-hybridized carbons (Fsp3) is 0.600. The maximum Gasteiger partial charge on any atom is 0.407 e. The summed E-state index contributed by atoms with van der Waals surface area (Å²) in [4.78, 5) is 12.0. The minimum absolute atomic E-state index is 0.236. The first-order valence-corrected chi connectivity index (χ1v) is 4.68. The zero-order valence-electron chi connectivity index (χ0n) is 7.86. The molecule has 0 unspecified atom stereocenters. The first-order chi connectivity index (χ1) is 6.65. The number of nitriles is 1. The van der Waals surface area contributed by atoms with Crippen molar-refractivity contribution in [3.8, 4) is 6.07 Å². The van der Waals surface area contributed by atoms with E-state index in [4.69, 9.17) is 10.4 Å². The topological polar surface area (TPSA) is 64.3 Å². The van der Waals surface area contributed by atoms with Gasteiger partial charge in [-0.15, -0.1) is 0 Å². The molecule has 0 radical (unpaired) electrons. The molecule has 1 saturated heterocycles. The molecule has 4 heteroatoms. The van der Waals surface area contributed by atoms with Gasteiger partial charge in [-0.3, -0.25) is 0 Å². The number of rotatable bonds is 1. The molecule has 1 N–H and O–H groups in total. The molecule has 1 amide bonds. The van der Waals surface area contributed by atoms with Crippen LogP contribution < -0.4 is 0 Å². The lowest BCUT2D eigenvalue weighted by Gasteiger charge is -2.55. The van der Waals surface area contributed by atoms with Crippen LogP contribution >= 0.6 is 0 Å². The van der Waals surface area contributed by atoms with Crippen LogP contribution in [0.25, 0.3) is 0 Å². The Labute approximate surface area is 82.4 Å². The Morgan fingerprint density at radius 3 is 2.79 bits per heavy atom. The van der Waals surface area contributed by atoms with E-state index in [0.717, 1.165) is 12.8 Å². The van der Waals surface area contributed by atoms with Crippen LogP contribution in [0.15, 0.2) is 11.6 Å². The lowest BCUT2D eigenvalue weighted by Crippen LogP contribution is -2.61. The monoisotopic (exact) mass is 192 g/mol. The number of amides is 1. The molecule has 2 aliphatic rings. The largest absolute Gasteiger partial charge is 0.465 e. The van der Waals surface area contributed by atoms with Crippen molar-refractivity contribution >= 4 is 6.09 Å². The average molecular weight is 192 g/mol. The van der Waals surface area contributed by atoms with Crippen LogP contribution in [0.3, 0.4) is 0 Å². The van der Waals surface area contributed by atoms with Crippen LogP contribution in [-0.4, -0.2) is 29.2 Å². The average Bonchev–Trinajstić information content (AvgIpc) is 1.98. The second-order valence-corrected chi connectivity index (χ2v) is 4.22. The van der Waals surface area contributed by atoms with Gasteiger partial charge in [-0.05, 0) is 12.8 Å². The van der Waals surface area contributed by atoms with Gasteiger partial charge in [0.25, 0.3) is 0 Å². The van der Waals surface area contributed by atoms with Gasteiger partial charge < -0.3 is 10.0 Å². The van der Waals surface area contributed by atoms with Gasteiger partial charge in [0.2, 0.25) is 0 Å². The van der Waals surface area contributed by atoms with E-state index in [0.29, 0.717) is 19.5 Å². The van der Waals surface area contributed by atoms with Crippen LogP contribution in [0.2, 0.25) is 0 Å². The molecule has 2 fully saturated rings. The summed E-state index contributed by atoms with van der Waals surface area (Å²) in [6, 6.07) is 2.08. The van der Waals surface area contributed by atoms with Crippen molar-refractivity contribution in [2.24, 2.45) is 5.41 Å². The molecule has 1 heterocycles. The standard InChI is InChI=1S/C10H12N2O2/c11-3-1-2-8-4-10(5-8)6-12(7-10)9(13)14/h2H,1,4-7H2,(H,13,14). The van der Waals surface area contributed by atoms with Gasteiger partial charge in [-0.2, -0.15) is 5.26 Å². The number of hydrogen-bond acceptors (Lipinski definition) is 2. The van der Waals surface area contributed by atoms with Crippen LogP contribution in [0, 0.1) is 16.7 Å². The highest BCUT2D eigenvalue weighted by atomic mass is 16.4. The number of nitrogens with zero attached hydrogens (tertiary/aromatic N) is 2. The normalized spacial score (nSPS) is 22.2. The summed E-state index contributed by atoms with van der Waals surface area (Å²) in [5.74, 6) is 0.